The first-order valence-corrected chi connectivity index (χ1v) is 13.8. The van der Waals surface area contributed by atoms with Gasteiger partial charge in [0.05, 0.1) is 19.8 Å². The van der Waals surface area contributed by atoms with E-state index in [1.807, 2.05) is 0 Å². The Labute approximate surface area is 173 Å². The first-order valence-electron chi connectivity index (χ1n) is 8.86. The van der Waals surface area contributed by atoms with Crippen LogP contribution in [-0.4, -0.2) is 59.1 Å². The van der Waals surface area contributed by atoms with Gasteiger partial charge in [-0.2, -0.15) is 12.7 Å². The minimum absolute atomic E-state index is 0.0914. The maximum atomic E-state index is 12.9. The van der Waals surface area contributed by atoms with Crippen LogP contribution in [0.15, 0.2) is 30.5 Å². The molecule has 0 atom stereocenters. The van der Waals surface area contributed by atoms with E-state index in [2.05, 4.69) is 31.1 Å². The van der Waals surface area contributed by atoms with Crippen LogP contribution in [0.2, 0.25) is 19.6 Å². The van der Waals surface area contributed by atoms with Crippen LogP contribution in [0.25, 0.3) is 11.1 Å². The number of carbonyl (C=O) groups excluding carboxylic acids is 1. The van der Waals surface area contributed by atoms with Crippen LogP contribution >= 0.6 is 0 Å². The van der Waals surface area contributed by atoms with Crippen molar-refractivity contribution >= 4 is 24.3 Å². The van der Waals surface area contributed by atoms with Gasteiger partial charge in [0.15, 0.2) is 5.69 Å². The number of ether oxygens (including phenoxy) is 2. The van der Waals surface area contributed by atoms with E-state index in [1.54, 1.807) is 31.4 Å². The van der Waals surface area contributed by atoms with Crippen LogP contribution in [0.5, 0.6) is 5.75 Å². The Hall–Kier alpha value is -2.54. The molecule has 0 N–H and O–H groups in total. The lowest BCUT2D eigenvalue weighted by atomic mass is 10.0. The molecule has 1 aromatic heterocycles. The number of carbonyl (C=O) groups is 1. The van der Waals surface area contributed by atoms with Gasteiger partial charge < -0.3 is 9.47 Å². The summed E-state index contributed by atoms with van der Waals surface area (Å²) in [5, 5.41) is 0. The minimum Gasteiger partial charge on any atom is -0.497 e. The Morgan fingerprint density at radius 2 is 1.69 bits per heavy atom. The smallest absolute Gasteiger partial charge is 0.356 e. The third kappa shape index (κ3) is 4.90. The van der Waals surface area contributed by atoms with Gasteiger partial charge in [-0.3, -0.25) is 0 Å². The van der Waals surface area contributed by atoms with Gasteiger partial charge in [0, 0.05) is 25.9 Å². The van der Waals surface area contributed by atoms with Gasteiger partial charge in [0.1, 0.15) is 13.8 Å². The third-order valence-electron chi connectivity index (χ3n) is 4.01. The van der Waals surface area contributed by atoms with Gasteiger partial charge in [-0.05, 0) is 17.7 Å². The van der Waals surface area contributed by atoms with Crippen LogP contribution in [-0.2, 0) is 14.9 Å². The molecule has 1 heterocycles. The second-order valence-corrected chi connectivity index (χ2v) is 14.3. The number of hydrogen-bond donors (Lipinski definition) is 0. The van der Waals surface area contributed by atoms with Gasteiger partial charge in [-0.1, -0.05) is 37.7 Å². The largest absolute Gasteiger partial charge is 0.497 e. The van der Waals surface area contributed by atoms with Gasteiger partial charge in [-0.15, -0.1) is 5.54 Å². The summed E-state index contributed by atoms with van der Waals surface area (Å²) in [5.74, 6) is 2.98. The van der Waals surface area contributed by atoms with Crippen molar-refractivity contribution in [3.63, 3.8) is 0 Å². The predicted molar refractivity (Wildman–Crippen MR) is 116 cm³/mol. The van der Waals surface area contributed by atoms with E-state index >= 15 is 0 Å². The number of rotatable bonds is 5. The molecule has 0 spiro atoms. The SMILES string of the molecule is COC(=O)c1c(-c2ccc(OC)cc2)c(C#C[Si](C)(C)C)cn1S(=O)(=O)N(C)C. The van der Waals surface area contributed by atoms with E-state index in [0.717, 1.165) is 8.28 Å². The van der Waals surface area contributed by atoms with Crippen molar-refractivity contribution in [1.29, 1.82) is 0 Å². The molecule has 0 fully saturated rings. The summed E-state index contributed by atoms with van der Waals surface area (Å²) < 4.78 is 37.9. The second-order valence-electron chi connectivity index (χ2n) is 7.57. The third-order valence-corrected chi connectivity index (χ3v) is 6.60. The van der Waals surface area contributed by atoms with Crippen LogP contribution in [0, 0.1) is 11.5 Å². The number of hydrogen-bond acceptors (Lipinski definition) is 5. The van der Waals surface area contributed by atoms with Crippen molar-refractivity contribution in [2.24, 2.45) is 0 Å². The molecule has 2 aromatic rings. The van der Waals surface area contributed by atoms with Crippen LogP contribution in [0.1, 0.15) is 16.1 Å². The Kier molecular flexibility index (Phi) is 6.62. The highest BCUT2D eigenvalue weighted by Gasteiger charge is 2.30. The fourth-order valence-electron chi connectivity index (χ4n) is 2.53. The number of benzene rings is 1. The van der Waals surface area contributed by atoms with E-state index in [0.29, 0.717) is 22.4 Å². The average Bonchev–Trinajstić information content (AvgIpc) is 3.05. The summed E-state index contributed by atoms with van der Waals surface area (Å²) >= 11 is 0. The van der Waals surface area contributed by atoms with E-state index in [9.17, 15) is 13.2 Å². The van der Waals surface area contributed by atoms with Crippen molar-refractivity contribution in [1.82, 2.24) is 8.28 Å². The number of esters is 1. The first-order chi connectivity index (χ1) is 13.4. The zero-order valence-electron chi connectivity index (χ0n) is 17.7. The fourth-order valence-corrected chi connectivity index (χ4v) is 4.03. The zero-order valence-corrected chi connectivity index (χ0v) is 19.5. The van der Waals surface area contributed by atoms with Gasteiger partial charge in [0.25, 0.3) is 0 Å². The molecule has 29 heavy (non-hydrogen) atoms. The highest BCUT2D eigenvalue weighted by Crippen LogP contribution is 2.32. The van der Waals surface area contributed by atoms with E-state index < -0.39 is 24.3 Å². The second kappa shape index (κ2) is 8.45. The van der Waals surface area contributed by atoms with Crippen molar-refractivity contribution in [2.75, 3.05) is 28.3 Å². The molecule has 0 amide bonds. The topological polar surface area (TPSA) is 77.8 Å². The zero-order chi connectivity index (χ0) is 22.0. The molecular weight excluding hydrogens is 408 g/mol. The first kappa shape index (κ1) is 22.7. The molecular formula is C20H26N2O5SSi. The van der Waals surface area contributed by atoms with Crippen LogP contribution in [0.3, 0.4) is 0 Å². The van der Waals surface area contributed by atoms with E-state index in [1.165, 1.54) is 27.4 Å². The molecule has 9 heteroatoms. The van der Waals surface area contributed by atoms with Crippen molar-refractivity contribution in [2.45, 2.75) is 19.6 Å². The van der Waals surface area contributed by atoms with E-state index in [4.69, 9.17) is 9.47 Å². The molecule has 0 aliphatic heterocycles. The van der Waals surface area contributed by atoms with Crippen LogP contribution in [0.4, 0.5) is 0 Å². The summed E-state index contributed by atoms with van der Waals surface area (Å²) in [6.07, 6.45) is 1.38. The molecule has 7 nitrogen and oxygen atoms in total. The van der Waals surface area contributed by atoms with Gasteiger partial charge in [0.2, 0.25) is 0 Å². The van der Waals surface area contributed by atoms with Gasteiger partial charge >= 0.3 is 16.2 Å². The Morgan fingerprint density at radius 3 is 2.14 bits per heavy atom. The van der Waals surface area contributed by atoms with Crippen LogP contribution < -0.4 is 4.74 Å². The normalized spacial score (nSPS) is 11.7. The maximum absolute atomic E-state index is 12.9. The molecule has 0 saturated carbocycles. The number of aromatic nitrogens is 1. The summed E-state index contributed by atoms with van der Waals surface area (Å²) in [5.41, 5.74) is 4.65. The molecule has 0 saturated heterocycles. The standard InChI is InChI=1S/C20H26N2O5SSi/c1-21(2)28(24,25)22-14-16(12-13-29(5,6)7)18(19(22)20(23)27-4)15-8-10-17(26-3)11-9-15/h8-11,14H,1-7H3. The van der Waals surface area contributed by atoms with E-state index in [-0.39, 0.29) is 5.69 Å². The summed E-state index contributed by atoms with van der Waals surface area (Å²) in [6, 6.07) is 6.99. The molecule has 0 aliphatic rings. The summed E-state index contributed by atoms with van der Waals surface area (Å²) in [6.45, 7) is 6.26. The molecule has 156 valence electrons. The lowest BCUT2D eigenvalue weighted by Gasteiger charge is -2.15. The average molecular weight is 435 g/mol. The Morgan fingerprint density at radius 1 is 1.10 bits per heavy atom. The monoisotopic (exact) mass is 434 g/mol. The molecule has 1 aromatic carbocycles. The summed E-state index contributed by atoms with van der Waals surface area (Å²) in [4.78, 5) is 12.6. The minimum atomic E-state index is -3.97. The highest BCUT2D eigenvalue weighted by molar-refractivity contribution is 7.87. The highest BCUT2D eigenvalue weighted by atomic mass is 32.2. The lowest BCUT2D eigenvalue weighted by molar-refractivity contribution is 0.0593. The summed E-state index contributed by atoms with van der Waals surface area (Å²) in [7, 11) is -0.157. The number of nitrogens with zero attached hydrogens (tertiary/aromatic N) is 2. The molecule has 2 rings (SSSR count). The maximum Gasteiger partial charge on any atom is 0.356 e. The van der Waals surface area contributed by atoms with Crippen molar-refractivity contribution < 1.29 is 22.7 Å². The molecule has 0 aliphatic carbocycles. The Bertz CT molecular complexity index is 1070. The predicted octanol–water partition coefficient (Wildman–Crippen LogP) is 2.83. The lowest BCUT2D eigenvalue weighted by Crippen LogP contribution is -2.30. The van der Waals surface area contributed by atoms with Gasteiger partial charge in [-0.25, -0.2) is 8.77 Å². The molecule has 0 unspecified atom stereocenters. The number of methoxy groups -OCH3 is 2. The fraction of sp³-hybridized carbons (Fsp3) is 0.350. The quantitative estimate of drug-likeness (QED) is 0.411. The van der Waals surface area contributed by atoms with Crippen molar-refractivity contribution in [3.05, 3.63) is 41.7 Å². The molecule has 0 radical (unpaired) electrons. The molecule has 0 bridgehead atoms. The Balaban J connectivity index is 2.93. The van der Waals surface area contributed by atoms with Crippen molar-refractivity contribution in [3.8, 4) is 28.3 Å².